The van der Waals surface area contributed by atoms with Crippen molar-refractivity contribution >= 4 is 17.1 Å². The van der Waals surface area contributed by atoms with Gasteiger partial charge in [0, 0.05) is 19.6 Å². The van der Waals surface area contributed by atoms with Gasteiger partial charge in [0.05, 0.1) is 23.2 Å². The molecule has 1 fully saturated rings. The highest BCUT2D eigenvalue weighted by Gasteiger charge is 2.23. The Morgan fingerprint density at radius 2 is 2.36 bits per heavy atom. The summed E-state index contributed by atoms with van der Waals surface area (Å²) in [6.45, 7) is 3.32. The van der Waals surface area contributed by atoms with E-state index in [-0.39, 0.29) is 18.2 Å². The lowest BCUT2D eigenvalue weighted by atomic mass is 10.1. The minimum Gasteiger partial charge on any atom is -0.376 e. The van der Waals surface area contributed by atoms with Crippen LogP contribution in [0.5, 0.6) is 0 Å². The van der Waals surface area contributed by atoms with Gasteiger partial charge in [-0.3, -0.25) is 0 Å². The fourth-order valence-corrected chi connectivity index (χ4v) is 2.77. The molecule has 1 aliphatic heterocycles. The quantitative estimate of drug-likeness (QED) is 0.790. The highest BCUT2D eigenvalue weighted by molar-refractivity contribution is 5.75. The first-order valence-electron chi connectivity index (χ1n) is 7.82. The van der Waals surface area contributed by atoms with Crippen molar-refractivity contribution < 1.29 is 9.53 Å². The van der Waals surface area contributed by atoms with E-state index < -0.39 is 0 Å². The van der Waals surface area contributed by atoms with E-state index >= 15 is 0 Å². The highest BCUT2D eigenvalue weighted by Crippen LogP contribution is 2.15. The minimum absolute atomic E-state index is 0.0358. The maximum Gasteiger partial charge on any atom is 0.315 e. The molecule has 6 heteroatoms. The molecule has 3 rings (SSSR count). The van der Waals surface area contributed by atoms with E-state index in [4.69, 9.17) is 4.74 Å². The molecule has 1 aromatic heterocycles. The van der Waals surface area contributed by atoms with Crippen molar-refractivity contribution in [2.75, 3.05) is 13.2 Å². The number of hydrogen-bond donors (Lipinski definition) is 3. The summed E-state index contributed by atoms with van der Waals surface area (Å²) in [5.41, 5.74) is 1.97. The van der Waals surface area contributed by atoms with Crippen molar-refractivity contribution in [3.05, 3.63) is 30.1 Å². The molecule has 1 saturated heterocycles. The molecule has 0 bridgehead atoms. The smallest absolute Gasteiger partial charge is 0.315 e. The average Bonchev–Trinajstić information content (AvgIpc) is 3.16. The molecule has 2 aromatic rings. The predicted octanol–water partition coefficient (Wildman–Crippen LogP) is 1.97. The molecule has 2 heterocycles. The van der Waals surface area contributed by atoms with Crippen molar-refractivity contribution in [1.29, 1.82) is 0 Å². The number of nitrogens with zero attached hydrogens (tertiary/aromatic N) is 1. The molecule has 2 unspecified atom stereocenters. The van der Waals surface area contributed by atoms with Gasteiger partial charge in [-0.2, -0.15) is 0 Å². The fourth-order valence-electron chi connectivity index (χ4n) is 2.77. The van der Waals surface area contributed by atoms with Gasteiger partial charge in [0.15, 0.2) is 0 Å². The van der Waals surface area contributed by atoms with Gasteiger partial charge in [0.2, 0.25) is 0 Å². The van der Waals surface area contributed by atoms with Gasteiger partial charge in [0.1, 0.15) is 5.82 Å². The standard InChI is InChI=1S/C16H22N4O2/c1-11(14-7-4-10-22-14)18-16(21)17-9-8-15-19-12-5-2-3-6-13(12)20-15/h2-3,5-6,11,14H,4,7-10H2,1H3,(H,19,20)(H2,17,18,21). The molecule has 22 heavy (non-hydrogen) atoms. The second kappa shape index (κ2) is 6.79. The van der Waals surface area contributed by atoms with Crippen molar-refractivity contribution in [3.63, 3.8) is 0 Å². The number of carbonyl (C=O) groups is 1. The van der Waals surface area contributed by atoms with Crippen LogP contribution in [0, 0.1) is 0 Å². The van der Waals surface area contributed by atoms with Crippen molar-refractivity contribution in [2.45, 2.75) is 38.3 Å². The van der Waals surface area contributed by atoms with Crippen LogP contribution in [0.15, 0.2) is 24.3 Å². The molecule has 1 aliphatic rings. The van der Waals surface area contributed by atoms with Gasteiger partial charge in [-0.15, -0.1) is 0 Å². The van der Waals surface area contributed by atoms with Crippen LogP contribution >= 0.6 is 0 Å². The number of aromatic amines is 1. The largest absolute Gasteiger partial charge is 0.376 e. The maximum absolute atomic E-state index is 11.9. The summed E-state index contributed by atoms with van der Waals surface area (Å²) < 4.78 is 5.57. The van der Waals surface area contributed by atoms with Crippen LogP contribution in [0.25, 0.3) is 11.0 Å². The van der Waals surface area contributed by atoms with Gasteiger partial charge in [-0.1, -0.05) is 12.1 Å². The lowest BCUT2D eigenvalue weighted by molar-refractivity contribution is 0.0860. The third-order valence-corrected chi connectivity index (χ3v) is 3.97. The predicted molar refractivity (Wildman–Crippen MR) is 84.8 cm³/mol. The number of para-hydroxylation sites is 2. The molecule has 1 aromatic carbocycles. The summed E-state index contributed by atoms with van der Waals surface area (Å²) in [6, 6.07) is 7.79. The molecule has 0 aliphatic carbocycles. The van der Waals surface area contributed by atoms with Crippen LogP contribution in [0.1, 0.15) is 25.6 Å². The molecule has 6 nitrogen and oxygen atoms in total. The normalized spacial score (nSPS) is 19.2. The number of hydrogen-bond acceptors (Lipinski definition) is 3. The molecular weight excluding hydrogens is 280 g/mol. The van der Waals surface area contributed by atoms with Crippen LogP contribution in [-0.4, -0.2) is 41.3 Å². The van der Waals surface area contributed by atoms with Crippen molar-refractivity contribution in [3.8, 4) is 0 Å². The van der Waals surface area contributed by atoms with Crippen LogP contribution in [0.3, 0.4) is 0 Å². The Bertz CT molecular complexity index is 601. The molecular formula is C16H22N4O2. The summed E-state index contributed by atoms with van der Waals surface area (Å²) in [6.07, 6.45) is 2.91. The number of fused-ring (bicyclic) bond motifs is 1. The lowest BCUT2D eigenvalue weighted by Crippen LogP contribution is -2.46. The molecule has 2 amide bonds. The Hall–Kier alpha value is -2.08. The lowest BCUT2D eigenvalue weighted by Gasteiger charge is -2.20. The number of carbonyl (C=O) groups excluding carboxylic acids is 1. The topological polar surface area (TPSA) is 79.0 Å². The molecule has 2 atom stereocenters. The van der Waals surface area contributed by atoms with Gasteiger partial charge in [-0.25, -0.2) is 9.78 Å². The zero-order chi connectivity index (χ0) is 15.4. The van der Waals surface area contributed by atoms with Gasteiger partial charge >= 0.3 is 6.03 Å². The van der Waals surface area contributed by atoms with E-state index in [1.54, 1.807) is 0 Å². The molecule has 118 valence electrons. The number of imidazole rings is 1. The van der Waals surface area contributed by atoms with Crippen LogP contribution in [0.4, 0.5) is 4.79 Å². The van der Waals surface area contributed by atoms with Crippen LogP contribution < -0.4 is 10.6 Å². The van der Waals surface area contributed by atoms with E-state index in [1.165, 1.54) is 0 Å². The van der Waals surface area contributed by atoms with E-state index in [0.717, 1.165) is 36.3 Å². The third-order valence-electron chi connectivity index (χ3n) is 3.97. The van der Waals surface area contributed by atoms with Crippen molar-refractivity contribution in [2.24, 2.45) is 0 Å². The number of benzene rings is 1. The van der Waals surface area contributed by atoms with Crippen LogP contribution in [-0.2, 0) is 11.2 Å². The van der Waals surface area contributed by atoms with E-state index in [0.29, 0.717) is 13.0 Å². The number of ether oxygens (including phenoxy) is 1. The Morgan fingerprint density at radius 1 is 1.50 bits per heavy atom. The highest BCUT2D eigenvalue weighted by atomic mass is 16.5. The molecule has 0 saturated carbocycles. The number of nitrogens with one attached hydrogen (secondary N) is 3. The summed E-state index contributed by atoms with van der Waals surface area (Å²) >= 11 is 0. The number of aromatic nitrogens is 2. The fraction of sp³-hybridized carbons (Fsp3) is 0.500. The molecule has 0 radical (unpaired) electrons. The summed E-state index contributed by atoms with van der Waals surface area (Å²) in [5, 5.41) is 5.79. The zero-order valence-electron chi connectivity index (χ0n) is 12.8. The van der Waals surface area contributed by atoms with Crippen LogP contribution in [0.2, 0.25) is 0 Å². The first-order valence-corrected chi connectivity index (χ1v) is 7.82. The van der Waals surface area contributed by atoms with E-state index in [1.807, 2.05) is 31.2 Å². The third kappa shape index (κ3) is 3.57. The maximum atomic E-state index is 11.9. The molecule has 0 spiro atoms. The monoisotopic (exact) mass is 302 g/mol. The first kappa shape index (κ1) is 14.8. The van der Waals surface area contributed by atoms with Gasteiger partial charge in [-0.05, 0) is 31.9 Å². The SMILES string of the molecule is CC(NC(=O)NCCc1nc2ccccc2[nH]1)C1CCCO1. The summed E-state index contributed by atoms with van der Waals surface area (Å²) in [4.78, 5) is 19.6. The number of rotatable bonds is 5. The Morgan fingerprint density at radius 3 is 3.14 bits per heavy atom. The minimum atomic E-state index is -0.154. The zero-order valence-corrected chi connectivity index (χ0v) is 12.8. The van der Waals surface area contributed by atoms with Gasteiger partial charge < -0.3 is 20.4 Å². The molecule has 3 N–H and O–H groups in total. The van der Waals surface area contributed by atoms with Gasteiger partial charge in [0.25, 0.3) is 0 Å². The van der Waals surface area contributed by atoms with Crippen molar-refractivity contribution in [1.82, 2.24) is 20.6 Å². The number of urea groups is 1. The number of H-pyrrole nitrogens is 1. The van der Waals surface area contributed by atoms with E-state index in [2.05, 4.69) is 20.6 Å². The van der Waals surface area contributed by atoms with E-state index in [9.17, 15) is 4.79 Å². The Balaban J connectivity index is 1.43. The Kier molecular flexibility index (Phi) is 4.58. The number of amides is 2. The summed E-state index contributed by atoms with van der Waals surface area (Å²) in [5.74, 6) is 0.883. The summed E-state index contributed by atoms with van der Waals surface area (Å²) in [7, 11) is 0. The second-order valence-electron chi connectivity index (χ2n) is 5.69. The second-order valence-corrected chi connectivity index (χ2v) is 5.69. The first-order chi connectivity index (χ1) is 10.7. The average molecular weight is 302 g/mol. The Labute approximate surface area is 129 Å².